The molecular weight excluding hydrogens is 368 g/mol. The van der Waals surface area contributed by atoms with E-state index < -0.39 is 5.97 Å². The molecule has 0 aromatic heterocycles. The van der Waals surface area contributed by atoms with Crippen LogP contribution in [0.1, 0.15) is 61.0 Å². The molecule has 0 radical (unpaired) electrons. The maximum atomic E-state index is 11.8. The van der Waals surface area contributed by atoms with Crippen molar-refractivity contribution in [3.8, 4) is 0 Å². The highest BCUT2D eigenvalue weighted by molar-refractivity contribution is 7.97. The van der Waals surface area contributed by atoms with E-state index in [0.717, 1.165) is 50.4 Å². The summed E-state index contributed by atoms with van der Waals surface area (Å²) in [5.74, 6) is 0.623. The number of hydrogen-bond donors (Lipinski definition) is 1. The van der Waals surface area contributed by atoms with Crippen LogP contribution in [-0.2, 0) is 5.75 Å². The predicted octanol–water partition coefficient (Wildman–Crippen LogP) is 5.88. The molecule has 0 saturated heterocycles. The fourth-order valence-corrected chi connectivity index (χ4v) is 3.65. The molecule has 1 N–H and O–H groups in total. The quantitative estimate of drug-likeness (QED) is 0.292. The Bertz CT molecular complexity index is 754. The first-order chi connectivity index (χ1) is 13.7. The smallest absolute Gasteiger partial charge is 0.336 e. The highest BCUT2D eigenvalue weighted by Crippen LogP contribution is 2.20. The van der Waals surface area contributed by atoms with E-state index in [1.807, 2.05) is 30.3 Å². The molecule has 0 saturated carbocycles. The van der Waals surface area contributed by atoms with Gasteiger partial charge in [0.25, 0.3) is 0 Å². The number of aromatic carboxylic acids is 1. The van der Waals surface area contributed by atoms with Crippen LogP contribution in [0.15, 0.2) is 59.0 Å². The number of carbonyl (C=O) groups is 1. The average Bonchev–Trinajstić information content (AvgIpc) is 2.72. The Morgan fingerprint density at radius 1 is 0.929 bits per heavy atom. The molecule has 0 unspecified atom stereocenters. The van der Waals surface area contributed by atoms with Gasteiger partial charge in [-0.15, -0.1) is 0 Å². The van der Waals surface area contributed by atoms with E-state index in [1.165, 1.54) is 17.5 Å². The summed E-state index contributed by atoms with van der Waals surface area (Å²) in [6, 6.07) is 17.4. The Hall–Kier alpha value is -2.27. The topological polar surface area (TPSA) is 52.9 Å². The molecule has 0 bridgehead atoms. The highest BCUT2D eigenvalue weighted by Gasteiger charge is 2.19. The minimum Gasteiger partial charge on any atom is -0.478 e. The van der Waals surface area contributed by atoms with Crippen LogP contribution in [0.4, 0.5) is 0 Å². The number of hydrogen-bond acceptors (Lipinski definition) is 3. The van der Waals surface area contributed by atoms with Crippen LogP contribution >= 0.6 is 11.9 Å². The monoisotopic (exact) mass is 398 g/mol. The van der Waals surface area contributed by atoms with Gasteiger partial charge in [0.1, 0.15) is 5.84 Å². The average molecular weight is 399 g/mol. The summed E-state index contributed by atoms with van der Waals surface area (Å²) in [6.45, 7) is 6.11. The van der Waals surface area contributed by atoms with E-state index in [2.05, 4.69) is 30.9 Å². The molecule has 150 valence electrons. The van der Waals surface area contributed by atoms with E-state index in [-0.39, 0.29) is 0 Å². The third kappa shape index (κ3) is 6.71. The van der Waals surface area contributed by atoms with Gasteiger partial charge in [0.05, 0.1) is 5.56 Å². The van der Waals surface area contributed by atoms with Gasteiger partial charge in [0, 0.05) is 24.4 Å². The number of unbranched alkanes of at least 4 members (excludes halogenated alkanes) is 2. The molecule has 4 nitrogen and oxygen atoms in total. The molecule has 2 rings (SSSR count). The van der Waals surface area contributed by atoms with Crippen molar-refractivity contribution in [1.82, 2.24) is 4.90 Å². The van der Waals surface area contributed by atoms with Crippen molar-refractivity contribution in [1.29, 1.82) is 0 Å². The first-order valence-corrected chi connectivity index (χ1v) is 10.9. The Balaban J connectivity index is 2.35. The van der Waals surface area contributed by atoms with E-state index >= 15 is 0 Å². The highest BCUT2D eigenvalue weighted by atomic mass is 32.2. The van der Waals surface area contributed by atoms with Crippen LogP contribution in [0.5, 0.6) is 0 Å². The van der Waals surface area contributed by atoms with E-state index in [4.69, 9.17) is 4.40 Å². The van der Waals surface area contributed by atoms with Gasteiger partial charge >= 0.3 is 5.97 Å². The molecule has 0 amide bonds. The van der Waals surface area contributed by atoms with E-state index in [0.29, 0.717) is 11.1 Å². The van der Waals surface area contributed by atoms with Crippen molar-refractivity contribution < 1.29 is 9.90 Å². The number of nitrogens with zero attached hydrogens (tertiary/aromatic N) is 2. The molecule has 0 atom stereocenters. The Morgan fingerprint density at radius 2 is 1.50 bits per heavy atom. The number of carboxylic acids is 1. The van der Waals surface area contributed by atoms with Crippen LogP contribution in [0, 0.1) is 0 Å². The second-order valence-electron chi connectivity index (χ2n) is 6.72. The van der Waals surface area contributed by atoms with Gasteiger partial charge < -0.3 is 10.0 Å². The molecule has 0 aliphatic carbocycles. The number of benzene rings is 2. The summed E-state index contributed by atoms with van der Waals surface area (Å²) in [4.78, 5) is 14.0. The van der Waals surface area contributed by atoms with Gasteiger partial charge in [-0.1, -0.05) is 75.2 Å². The minimum absolute atomic E-state index is 0.305. The lowest BCUT2D eigenvalue weighted by Crippen LogP contribution is -2.34. The van der Waals surface area contributed by atoms with Crippen molar-refractivity contribution in [3.05, 3.63) is 71.3 Å². The van der Waals surface area contributed by atoms with Crippen LogP contribution in [0.2, 0.25) is 0 Å². The van der Waals surface area contributed by atoms with Crippen LogP contribution < -0.4 is 0 Å². The summed E-state index contributed by atoms with van der Waals surface area (Å²) < 4.78 is 4.83. The van der Waals surface area contributed by atoms with Crippen LogP contribution in [0.3, 0.4) is 0 Å². The lowest BCUT2D eigenvalue weighted by Gasteiger charge is -2.27. The lowest BCUT2D eigenvalue weighted by atomic mass is 10.1. The summed E-state index contributed by atoms with van der Waals surface area (Å²) in [7, 11) is 0. The Morgan fingerprint density at radius 3 is 2.07 bits per heavy atom. The summed E-state index contributed by atoms with van der Waals surface area (Å²) >= 11 is 1.48. The van der Waals surface area contributed by atoms with Crippen molar-refractivity contribution in [2.24, 2.45) is 4.40 Å². The zero-order valence-corrected chi connectivity index (χ0v) is 17.6. The van der Waals surface area contributed by atoms with Crippen molar-refractivity contribution in [2.45, 2.75) is 45.3 Å². The fourth-order valence-electron chi connectivity index (χ4n) is 2.91. The summed E-state index contributed by atoms with van der Waals surface area (Å²) in [5, 5.41) is 9.67. The van der Waals surface area contributed by atoms with Crippen molar-refractivity contribution in [3.63, 3.8) is 0 Å². The minimum atomic E-state index is -0.915. The number of carboxylic acid groups (broad SMARTS) is 1. The molecule has 0 fully saturated rings. The SMILES string of the molecule is CCCCN(CCCC)C(=NSCc1ccccc1)c1ccccc1C(=O)O. The fraction of sp³-hybridized carbons (Fsp3) is 0.391. The van der Waals surface area contributed by atoms with Crippen molar-refractivity contribution >= 4 is 23.8 Å². The van der Waals surface area contributed by atoms with E-state index in [1.54, 1.807) is 12.1 Å². The number of amidine groups is 1. The Labute approximate surface area is 172 Å². The zero-order valence-electron chi connectivity index (χ0n) is 16.8. The molecule has 2 aromatic rings. The zero-order chi connectivity index (χ0) is 20.2. The van der Waals surface area contributed by atoms with E-state index in [9.17, 15) is 9.90 Å². The number of rotatable bonds is 11. The maximum Gasteiger partial charge on any atom is 0.336 e. The van der Waals surface area contributed by atoms with Crippen LogP contribution in [-0.4, -0.2) is 34.9 Å². The molecule has 0 aliphatic rings. The second-order valence-corrected chi connectivity index (χ2v) is 7.45. The molecule has 0 heterocycles. The van der Waals surface area contributed by atoms with Gasteiger partial charge in [0.2, 0.25) is 0 Å². The standard InChI is InChI=1S/C23H30N2O2S/c1-3-5-16-25(17-6-4-2)22(20-14-10-11-15-21(20)23(26)27)24-28-18-19-12-8-7-9-13-19/h7-15H,3-6,16-18H2,1-2H3,(H,26,27). The Kier molecular flexibility index (Phi) is 9.63. The maximum absolute atomic E-state index is 11.8. The molecule has 28 heavy (non-hydrogen) atoms. The summed E-state index contributed by atoms with van der Waals surface area (Å²) in [6.07, 6.45) is 4.30. The van der Waals surface area contributed by atoms with Crippen LogP contribution in [0.25, 0.3) is 0 Å². The lowest BCUT2D eigenvalue weighted by molar-refractivity contribution is 0.0696. The van der Waals surface area contributed by atoms with Crippen molar-refractivity contribution in [2.75, 3.05) is 13.1 Å². The third-order valence-corrected chi connectivity index (χ3v) is 5.25. The molecule has 0 spiro atoms. The van der Waals surface area contributed by atoms with Gasteiger partial charge in [-0.3, -0.25) is 0 Å². The normalized spacial score (nSPS) is 11.4. The van der Waals surface area contributed by atoms with Gasteiger partial charge in [-0.2, -0.15) is 4.40 Å². The van der Waals surface area contributed by atoms with Gasteiger partial charge in [0.15, 0.2) is 0 Å². The molecule has 5 heteroatoms. The first-order valence-electron chi connectivity index (χ1n) is 9.98. The molecule has 0 aliphatic heterocycles. The summed E-state index contributed by atoms with van der Waals surface area (Å²) in [5.41, 5.74) is 2.21. The van der Waals surface area contributed by atoms with Gasteiger partial charge in [-0.25, -0.2) is 4.79 Å². The molecular formula is C23H30N2O2S. The third-order valence-electron chi connectivity index (χ3n) is 4.49. The first kappa shape index (κ1) is 22.0. The predicted molar refractivity (Wildman–Crippen MR) is 119 cm³/mol. The second kappa shape index (κ2) is 12.2. The largest absolute Gasteiger partial charge is 0.478 e. The van der Waals surface area contributed by atoms with Gasteiger partial charge in [-0.05, 0) is 36.4 Å². The molecule has 2 aromatic carbocycles.